The van der Waals surface area contributed by atoms with Crippen LogP contribution in [0, 0.1) is 0 Å². The van der Waals surface area contributed by atoms with E-state index in [1.54, 1.807) is 11.8 Å². The van der Waals surface area contributed by atoms with Crippen LogP contribution in [0.25, 0.3) is 0 Å². The summed E-state index contributed by atoms with van der Waals surface area (Å²) in [7, 11) is 0. The van der Waals surface area contributed by atoms with Gasteiger partial charge in [-0.2, -0.15) is 0 Å². The lowest BCUT2D eigenvalue weighted by atomic mass is 10.3. The Kier molecular flexibility index (Phi) is 7.78. The van der Waals surface area contributed by atoms with Crippen LogP contribution in [0.15, 0.2) is 30.3 Å². The number of nitrogens with one attached hydrogen (secondary N) is 2. The summed E-state index contributed by atoms with van der Waals surface area (Å²) in [4.78, 5) is 2.15. The average molecular weight is 314 g/mol. The van der Waals surface area contributed by atoms with Crippen molar-refractivity contribution in [3.63, 3.8) is 0 Å². The summed E-state index contributed by atoms with van der Waals surface area (Å²) in [6.07, 6.45) is 0. The van der Waals surface area contributed by atoms with E-state index in [0.717, 1.165) is 23.1 Å². The first-order valence-electron chi connectivity index (χ1n) is 6.19. The molecule has 0 atom stereocenters. The first kappa shape index (κ1) is 16.2. The number of para-hydroxylation sites is 1. The molecule has 0 fully saturated rings. The Morgan fingerprint density at radius 2 is 1.79 bits per heavy atom. The van der Waals surface area contributed by atoms with Crippen molar-refractivity contribution in [2.75, 3.05) is 24.3 Å². The minimum atomic E-state index is 0.612. The molecule has 0 amide bonds. The number of anilines is 1. The Balaban J connectivity index is 2.26. The molecule has 0 radical (unpaired) electrons. The topological polar surface area (TPSA) is 27.3 Å². The van der Waals surface area contributed by atoms with Gasteiger partial charge in [-0.05, 0) is 38.2 Å². The van der Waals surface area contributed by atoms with Crippen LogP contribution in [0.3, 0.4) is 0 Å². The predicted molar refractivity (Wildman–Crippen MR) is 93.8 cm³/mol. The Morgan fingerprint density at radius 1 is 1.16 bits per heavy atom. The molecule has 0 unspecified atom stereocenters. The largest absolute Gasteiger partial charge is 0.358 e. The van der Waals surface area contributed by atoms with Crippen molar-refractivity contribution in [2.45, 2.75) is 13.8 Å². The number of hydrogen-bond donors (Lipinski definition) is 2. The summed E-state index contributed by atoms with van der Waals surface area (Å²) in [5.41, 5.74) is 0.983. The Morgan fingerprint density at radius 3 is 2.37 bits per heavy atom. The average Bonchev–Trinajstić information content (AvgIpc) is 2.41. The molecule has 19 heavy (non-hydrogen) atoms. The molecule has 2 N–H and O–H groups in total. The van der Waals surface area contributed by atoms with Gasteiger partial charge in [0.1, 0.15) is 4.32 Å². The molecule has 1 aromatic rings. The number of nitrogens with zero attached hydrogens (tertiary/aromatic N) is 1. The smallest absolute Gasteiger partial charge is 0.171 e. The first-order chi connectivity index (χ1) is 9.17. The normalized spacial score (nSPS) is 9.79. The highest BCUT2D eigenvalue weighted by molar-refractivity contribution is 8.22. The van der Waals surface area contributed by atoms with Gasteiger partial charge in [-0.1, -0.05) is 42.2 Å². The minimum Gasteiger partial charge on any atom is -0.358 e. The molecule has 0 heterocycles. The molecule has 6 heteroatoms. The van der Waals surface area contributed by atoms with E-state index in [0.29, 0.717) is 11.0 Å². The van der Waals surface area contributed by atoms with Crippen molar-refractivity contribution < 1.29 is 0 Å². The molecule has 0 spiro atoms. The SMILES string of the molecule is CCN(CC)C(=S)SCNC(=S)Nc1ccccc1. The van der Waals surface area contributed by atoms with Crippen LogP contribution in [0.2, 0.25) is 0 Å². The van der Waals surface area contributed by atoms with Crippen LogP contribution in [0.5, 0.6) is 0 Å². The fourth-order valence-electron chi connectivity index (χ4n) is 1.43. The molecule has 1 rings (SSSR count). The maximum Gasteiger partial charge on any atom is 0.171 e. The second kappa shape index (κ2) is 9.12. The molecule has 0 bridgehead atoms. The van der Waals surface area contributed by atoms with E-state index >= 15 is 0 Å². The fourth-order valence-corrected chi connectivity index (χ4v) is 2.93. The van der Waals surface area contributed by atoms with E-state index in [-0.39, 0.29) is 0 Å². The summed E-state index contributed by atoms with van der Waals surface area (Å²) in [6, 6.07) is 9.85. The zero-order valence-electron chi connectivity index (χ0n) is 11.2. The molecular weight excluding hydrogens is 294 g/mol. The zero-order valence-corrected chi connectivity index (χ0v) is 13.6. The molecule has 0 saturated heterocycles. The summed E-state index contributed by atoms with van der Waals surface area (Å²) in [6.45, 7) is 6.08. The molecule has 1 aromatic carbocycles. The Bertz CT molecular complexity index is 405. The highest BCUT2D eigenvalue weighted by Gasteiger charge is 2.05. The van der Waals surface area contributed by atoms with Gasteiger partial charge < -0.3 is 15.5 Å². The predicted octanol–water partition coefficient (Wildman–Crippen LogP) is 3.29. The number of hydrogen-bond acceptors (Lipinski definition) is 3. The molecule has 3 nitrogen and oxygen atoms in total. The third-order valence-electron chi connectivity index (χ3n) is 2.48. The van der Waals surface area contributed by atoms with Crippen molar-refractivity contribution in [3.05, 3.63) is 30.3 Å². The molecule has 0 aliphatic carbocycles. The maximum atomic E-state index is 5.34. The summed E-state index contributed by atoms with van der Waals surface area (Å²) in [5.74, 6) is 0.675. The lowest BCUT2D eigenvalue weighted by Crippen LogP contribution is -2.31. The van der Waals surface area contributed by atoms with Crippen LogP contribution in [0.1, 0.15) is 13.8 Å². The minimum absolute atomic E-state index is 0.612. The second-order valence-electron chi connectivity index (χ2n) is 3.72. The van der Waals surface area contributed by atoms with Gasteiger partial charge >= 0.3 is 0 Å². The van der Waals surface area contributed by atoms with Crippen LogP contribution in [0.4, 0.5) is 5.69 Å². The third-order valence-corrected chi connectivity index (χ3v) is 4.13. The Hall–Kier alpha value is -0.850. The van der Waals surface area contributed by atoms with E-state index in [9.17, 15) is 0 Å². The van der Waals surface area contributed by atoms with Gasteiger partial charge in [0.2, 0.25) is 0 Å². The van der Waals surface area contributed by atoms with Crippen molar-refractivity contribution >= 4 is 51.3 Å². The maximum absolute atomic E-state index is 5.34. The van der Waals surface area contributed by atoms with Crippen LogP contribution < -0.4 is 10.6 Å². The third kappa shape index (κ3) is 6.22. The van der Waals surface area contributed by atoms with E-state index in [1.807, 2.05) is 30.3 Å². The molecule has 104 valence electrons. The van der Waals surface area contributed by atoms with Crippen molar-refractivity contribution in [2.24, 2.45) is 0 Å². The number of benzene rings is 1. The molecule has 0 aliphatic rings. The van der Waals surface area contributed by atoms with E-state index in [1.165, 1.54) is 0 Å². The van der Waals surface area contributed by atoms with Gasteiger partial charge in [-0.25, -0.2) is 0 Å². The van der Waals surface area contributed by atoms with Gasteiger partial charge in [-0.3, -0.25) is 0 Å². The van der Waals surface area contributed by atoms with Crippen molar-refractivity contribution in [3.8, 4) is 0 Å². The lowest BCUT2D eigenvalue weighted by molar-refractivity contribution is 0.482. The second-order valence-corrected chi connectivity index (χ2v) is 5.74. The summed E-state index contributed by atoms with van der Waals surface area (Å²) in [5, 5.41) is 6.87. The fraction of sp³-hybridized carbons (Fsp3) is 0.385. The van der Waals surface area contributed by atoms with Gasteiger partial charge in [0.15, 0.2) is 5.11 Å². The Labute approximate surface area is 130 Å². The van der Waals surface area contributed by atoms with Crippen molar-refractivity contribution in [1.29, 1.82) is 0 Å². The van der Waals surface area contributed by atoms with Gasteiger partial charge in [0.05, 0.1) is 5.88 Å². The van der Waals surface area contributed by atoms with Crippen LogP contribution in [-0.2, 0) is 0 Å². The standard InChI is InChI=1S/C13H19N3S3/c1-3-16(4-2)13(18)19-10-14-12(17)15-11-8-6-5-7-9-11/h5-9H,3-4,10H2,1-2H3,(H2,14,15,17). The van der Waals surface area contributed by atoms with E-state index < -0.39 is 0 Å². The van der Waals surface area contributed by atoms with E-state index in [2.05, 4.69) is 29.4 Å². The van der Waals surface area contributed by atoms with Crippen LogP contribution >= 0.6 is 36.2 Å². The molecule has 0 aliphatic heterocycles. The quantitative estimate of drug-likeness (QED) is 0.640. The highest BCUT2D eigenvalue weighted by Crippen LogP contribution is 2.08. The van der Waals surface area contributed by atoms with Crippen molar-refractivity contribution in [1.82, 2.24) is 10.2 Å². The highest BCUT2D eigenvalue weighted by atomic mass is 32.2. The number of rotatable bonds is 5. The van der Waals surface area contributed by atoms with Gasteiger partial charge in [-0.15, -0.1) is 0 Å². The lowest BCUT2D eigenvalue weighted by Gasteiger charge is -2.21. The number of thioether (sulfide) groups is 1. The summed E-state index contributed by atoms with van der Waals surface area (Å²) < 4.78 is 0.903. The molecule has 0 aromatic heterocycles. The van der Waals surface area contributed by atoms with Gasteiger partial charge in [0, 0.05) is 18.8 Å². The number of thiocarbonyl (C=S) groups is 2. The molecular formula is C13H19N3S3. The summed E-state index contributed by atoms with van der Waals surface area (Å²) >= 11 is 12.2. The van der Waals surface area contributed by atoms with Crippen LogP contribution in [-0.4, -0.2) is 33.3 Å². The zero-order chi connectivity index (χ0) is 14.1. The first-order valence-corrected chi connectivity index (χ1v) is 7.99. The van der Waals surface area contributed by atoms with E-state index in [4.69, 9.17) is 24.4 Å². The van der Waals surface area contributed by atoms with Gasteiger partial charge in [0.25, 0.3) is 0 Å². The molecule has 0 saturated carbocycles. The monoisotopic (exact) mass is 313 g/mol.